The van der Waals surface area contributed by atoms with E-state index < -0.39 is 30.4 Å². The molecule has 0 aliphatic heterocycles. The molecule has 0 aliphatic carbocycles. The molecule has 0 bridgehead atoms. The van der Waals surface area contributed by atoms with Crippen molar-refractivity contribution in [1.29, 1.82) is 0 Å². The van der Waals surface area contributed by atoms with Crippen LogP contribution in [-0.4, -0.2) is 56.7 Å². The second-order valence-electron chi connectivity index (χ2n) is 4.94. The second-order valence-corrected chi connectivity index (χ2v) is 5.93. The van der Waals surface area contributed by atoms with Gasteiger partial charge in [0, 0.05) is 0 Å². The molecule has 0 spiro atoms. The van der Waals surface area contributed by atoms with E-state index in [1.165, 1.54) is 32.0 Å². The Morgan fingerprint density at radius 2 is 1.96 bits per heavy atom. The van der Waals surface area contributed by atoms with Gasteiger partial charge < -0.3 is 25.3 Å². The number of benzene rings is 1. The fraction of sp³-hybridized carbons (Fsp3) is 0.438. The number of thioether (sulfide) groups is 1. The first kappa shape index (κ1) is 20.6. The van der Waals surface area contributed by atoms with Gasteiger partial charge in [-0.05, 0) is 36.6 Å². The van der Waals surface area contributed by atoms with Crippen LogP contribution in [0.4, 0.5) is 4.79 Å². The van der Waals surface area contributed by atoms with Crippen molar-refractivity contribution in [1.82, 2.24) is 5.32 Å². The van der Waals surface area contributed by atoms with Crippen LogP contribution < -0.4 is 20.5 Å². The van der Waals surface area contributed by atoms with Crippen LogP contribution in [0.5, 0.6) is 11.5 Å². The van der Waals surface area contributed by atoms with E-state index in [1.54, 1.807) is 12.1 Å². The Bertz CT molecular complexity index is 623. The molecule has 0 heterocycles. The zero-order valence-corrected chi connectivity index (χ0v) is 15.2. The minimum absolute atomic E-state index is 0.234. The minimum atomic E-state index is -0.898. The lowest BCUT2D eigenvalue weighted by molar-refractivity contribution is -0.144. The predicted octanol–water partition coefficient (Wildman–Crippen LogP) is 1.22. The zero-order chi connectivity index (χ0) is 18.8. The Balaban J connectivity index is 2.76. The fourth-order valence-electron chi connectivity index (χ4n) is 2.00. The smallest absolute Gasteiger partial charge is 0.329 e. The monoisotopic (exact) mass is 370 g/mol. The van der Waals surface area contributed by atoms with Gasteiger partial charge in [0.15, 0.2) is 6.61 Å². The number of hydrogen-bond donors (Lipinski definition) is 2. The third-order valence-electron chi connectivity index (χ3n) is 3.26. The molecular formula is C16H22N2O6S. The van der Waals surface area contributed by atoms with Crippen LogP contribution in [0.15, 0.2) is 18.2 Å². The molecule has 0 aromatic heterocycles. The van der Waals surface area contributed by atoms with Gasteiger partial charge in [-0.3, -0.25) is 4.79 Å². The number of ketones is 1. The predicted molar refractivity (Wildman–Crippen MR) is 94.3 cm³/mol. The number of amides is 2. The normalized spacial score (nSPS) is 11.3. The fourth-order valence-corrected chi connectivity index (χ4v) is 2.47. The van der Waals surface area contributed by atoms with E-state index in [0.29, 0.717) is 23.7 Å². The maximum absolute atomic E-state index is 12.3. The molecule has 1 rings (SSSR count). The standard InChI is InChI=1S/C16H22N2O6S/c1-22-10-4-5-14(23-2)11(8-10)13(19)9-24-15(20)12(6-7-25-3)18-16(17)21/h4-5,8,12H,6-7,9H2,1-3H3,(H3,17,18,21)/t12-/m0/s1. The van der Waals surface area contributed by atoms with E-state index in [4.69, 9.17) is 19.9 Å². The topological polar surface area (TPSA) is 117 Å². The number of esters is 1. The van der Waals surface area contributed by atoms with Crippen molar-refractivity contribution >= 4 is 29.5 Å². The number of ether oxygens (including phenoxy) is 3. The highest BCUT2D eigenvalue weighted by molar-refractivity contribution is 7.98. The molecule has 1 aromatic carbocycles. The Hall–Kier alpha value is -2.42. The van der Waals surface area contributed by atoms with Crippen molar-refractivity contribution < 1.29 is 28.6 Å². The molecule has 0 aliphatic rings. The van der Waals surface area contributed by atoms with Gasteiger partial charge in [-0.25, -0.2) is 9.59 Å². The Morgan fingerprint density at radius 3 is 2.52 bits per heavy atom. The quantitative estimate of drug-likeness (QED) is 0.470. The van der Waals surface area contributed by atoms with Crippen LogP contribution in [0.2, 0.25) is 0 Å². The summed E-state index contributed by atoms with van der Waals surface area (Å²) in [5.74, 6) is 0.271. The number of Topliss-reactive ketones (excluding diaryl/α,β-unsaturated/α-hetero) is 1. The SMILES string of the molecule is COc1ccc(OC)c(C(=O)COC(=O)[C@H](CCSC)NC(N)=O)c1. The molecule has 25 heavy (non-hydrogen) atoms. The number of nitrogens with two attached hydrogens (primary N) is 1. The van der Waals surface area contributed by atoms with Gasteiger partial charge in [0.2, 0.25) is 5.78 Å². The maximum atomic E-state index is 12.3. The van der Waals surface area contributed by atoms with Crippen molar-refractivity contribution in [3.63, 3.8) is 0 Å². The molecule has 3 N–H and O–H groups in total. The largest absolute Gasteiger partial charge is 0.497 e. The van der Waals surface area contributed by atoms with Crippen molar-refractivity contribution in [2.24, 2.45) is 5.73 Å². The van der Waals surface area contributed by atoms with Gasteiger partial charge in [-0.1, -0.05) is 0 Å². The van der Waals surface area contributed by atoms with E-state index in [-0.39, 0.29) is 5.56 Å². The van der Waals surface area contributed by atoms with E-state index in [0.717, 1.165) is 0 Å². The summed E-state index contributed by atoms with van der Waals surface area (Å²) in [5.41, 5.74) is 5.29. The molecule has 0 unspecified atom stereocenters. The summed E-state index contributed by atoms with van der Waals surface area (Å²) >= 11 is 1.51. The molecule has 0 radical (unpaired) electrons. The number of carbonyl (C=O) groups is 3. The first-order valence-electron chi connectivity index (χ1n) is 7.39. The molecule has 138 valence electrons. The second kappa shape index (κ2) is 10.4. The van der Waals surface area contributed by atoms with Crippen LogP contribution in [0.1, 0.15) is 16.8 Å². The van der Waals surface area contributed by atoms with Crippen LogP contribution in [0.3, 0.4) is 0 Å². The summed E-state index contributed by atoms with van der Waals surface area (Å²) in [6.45, 7) is -0.488. The van der Waals surface area contributed by atoms with E-state index in [2.05, 4.69) is 5.32 Å². The molecule has 0 saturated heterocycles. The minimum Gasteiger partial charge on any atom is -0.497 e. The number of primary amides is 1. The highest BCUT2D eigenvalue weighted by atomic mass is 32.2. The van der Waals surface area contributed by atoms with Gasteiger partial charge in [0.05, 0.1) is 19.8 Å². The molecule has 1 atom stereocenters. The van der Waals surface area contributed by atoms with Gasteiger partial charge >= 0.3 is 12.0 Å². The molecule has 9 heteroatoms. The average molecular weight is 370 g/mol. The number of methoxy groups -OCH3 is 2. The highest BCUT2D eigenvalue weighted by Gasteiger charge is 2.23. The molecule has 0 saturated carbocycles. The molecule has 8 nitrogen and oxygen atoms in total. The van der Waals surface area contributed by atoms with E-state index >= 15 is 0 Å². The van der Waals surface area contributed by atoms with Crippen LogP contribution in [-0.2, 0) is 9.53 Å². The summed E-state index contributed by atoms with van der Waals surface area (Å²) < 4.78 is 15.2. The molecule has 0 fully saturated rings. The van der Waals surface area contributed by atoms with Crippen molar-refractivity contribution in [2.75, 3.05) is 32.8 Å². The number of carbonyl (C=O) groups excluding carboxylic acids is 3. The third-order valence-corrected chi connectivity index (χ3v) is 3.91. The van der Waals surface area contributed by atoms with Gasteiger partial charge in [-0.15, -0.1) is 0 Å². The van der Waals surface area contributed by atoms with Gasteiger partial charge in [-0.2, -0.15) is 11.8 Å². The van der Waals surface area contributed by atoms with Crippen LogP contribution >= 0.6 is 11.8 Å². The number of hydrogen-bond acceptors (Lipinski definition) is 7. The van der Waals surface area contributed by atoms with Crippen LogP contribution in [0, 0.1) is 0 Å². The molecular weight excluding hydrogens is 348 g/mol. The van der Waals surface area contributed by atoms with Crippen molar-refractivity contribution in [3.05, 3.63) is 23.8 Å². The maximum Gasteiger partial charge on any atom is 0.329 e. The first-order chi connectivity index (χ1) is 11.9. The van der Waals surface area contributed by atoms with E-state index in [1.807, 2.05) is 6.26 Å². The number of rotatable bonds is 10. The summed E-state index contributed by atoms with van der Waals surface area (Å²) in [7, 11) is 2.90. The summed E-state index contributed by atoms with van der Waals surface area (Å²) in [6.07, 6.45) is 2.21. The first-order valence-corrected chi connectivity index (χ1v) is 8.79. The lowest BCUT2D eigenvalue weighted by Gasteiger charge is -2.16. The number of urea groups is 1. The van der Waals surface area contributed by atoms with Crippen LogP contribution in [0.25, 0.3) is 0 Å². The van der Waals surface area contributed by atoms with Gasteiger partial charge in [0.25, 0.3) is 0 Å². The number of nitrogens with one attached hydrogen (secondary N) is 1. The summed E-state index contributed by atoms with van der Waals surface area (Å²) in [4.78, 5) is 35.4. The average Bonchev–Trinajstić information content (AvgIpc) is 2.61. The lowest BCUT2D eigenvalue weighted by atomic mass is 10.1. The molecule has 2 amide bonds. The Kier molecular flexibility index (Phi) is 8.62. The Morgan fingerprint density at radius 1 is 1.24 bits per heavy atom. The zero-order valence-electron chi connectivity index (χ0n) is 14.4. The lowest BCUT2D eigenvalue weighted by Crippen LogP contribution is -2.45. The van der Waals surface area contributed by atoms with Gasteiger partial charge in [0.1, 0.15) is 17.5 Å². The van der Waals surface area contributed by atoms with Crippen molar-refractivity contribution in [2.45, 2.75) is 12.5 Å². The molecule has 1 aromatic rings. The third kappa shape index (κ3) is 6.54. The highest BCUT2D eigenvalue weighted by Crippen LogP contribution is 2.24. The Labute approximate surface area is 150 Å². The van der Waals surface area contributed by atoms with E-state index in [9.17, 15) is 14.4 Å². The van der Waals surface area contributed by atoms with Crippen molar-refractivity contribution in [3.8, 4) is 11.5 Å². The summed E-state index contributed by atoms with van der Waals surface area (Å²) in [5, 5.41) is 2.31. The summed E-state index contributed by atoms with van der Waals surface area (Å²) in [6, 6.07) is 3.01.